The summed E-state index contributed by atoms with van der Waals surface area (Å²) >= 11 is 4.91. The van der Waals surface area contributed by atoms with E-state index < -0.39 is 0 Å². The fraction of sp³-hybridized carbons (Fsp3) is 0.938. The first kappa shape index (κ1) is 12.8. The molecule has 0 spiro atoms. The Kier molecular flexibility index (Phi) is 2.78. The fourth-order valence-corrected chi connectivity index (χ4v) is 5.74. The van der Waals surface area contributed by atoms with E-state index in [-0.39, 0.29) is 5.54 Å². The Morgan fingerprint density at radius 2 is 1.83 bits per heavy atom. The Morgan fingerprint density at radius 1 is 1.11 bits per heavy atom. The monoisotopic (exact) mass is 263 g/mol. The van der Waals surface area contributed by atoms with Crippen molar-refractivity contribution in [1.29, 1.82) is 0 Å². The summed E-state index contributed by atoms with van der Waals surface area (Å²) in [5.41, 5.74) is 0.672. The van der Waals surface area contributed by atoms with Gasteiger partial charge in [0.1, 0.15) is 0 Å². The lowest BCUT2D eigenvalue weighted by Crippen LogP contribution is -2.36. The molecular formula is C16H25NS. The first-order valence-corrected chi connectivity index (χ1v) is 7.91. The van der Waals surface area contributed by atoms with Crippen molar-refractivity contribution in [2.75, 3.05) is 0 Å². The number of aliphatic imine (C=N–C) groups is 1. The molecule has 3 rings (SSSR count). The molecule has 0 aromatic carbocycles. The summed E-state index contributed by atoms with van der Waals surface area (Å²) < 4.78 is 0. The standard InChI is InChI=1S/C16H25NS/c1-10-5-6-11-13(10)14-12(15(14,2)3)7-8-16(11,4)17-9-18/h10-14H,5-8H2,1-4H3/t10-,11-,12-,13-,14+,16-/m0/s1. The van der Waals surface area contributed by atoms with Crippen LogP contribution in [0.5, 0.6) is 0 Å². The minimum atomic E-state index is 0.0840. The molecule has 3 fully saturated rings. The maximum absolute atomic E-state index is 4.91. The Labute approximate surface area is 116 Å². The molecule has 0 aromatic rings. The molecule has 0 aliphatic heterocycles. The second-order valence-corrected chi connectivity index (χ2v) is 7.97. The maximum atomic E-state index is 4.91. The van der Waals surface area contributed by atoms with E-state index in [0.717, 1.165) is 29.6 Å². The first-order chi connectivity index (χ1) is 8.42. The van der Waals surface area contributed by atoms with Crippen LogP contribution in [0.25, 0.3) is 0 Å². The molecule has 1 nitrogen and oxygen atoms in total. The van der Waals surface area contributed by atoms with E-state index in [0.29, 0.717) is 5.41 Å². The van der Waals surface area contributed by atoms with Crippen LogP contribution < -0.4 is 0 Å². The van der Waals surface area contributed by atoms with Crippen molar-refractivity contribution in [3.8, 4) is 0 Å². The Balaban J connectivity index is 1.97. The Hall–Kier alpha value is -0.200. The molecule has 100 valence electrons. The van der Waals surface area contributed by atoms with E-state index in [9.17, 15) is 0 Å². The van der Waals surface area contributed by atoms with Gasteiger partial charge in [0.15, 0.2) is 0 Å². The Bertz CT molecular complexity index is 409. The average Bonchev–Trinajstić information content (AvgIpc) is 2.65. The third-order valence-corrected chi connectivity index (χ3v) is 6.76. The predicted octanol–water partition coefficient (Wildman–Crippen LogP) is 4.58. The normalized spacial score (nSPS) is 52.8. The van der Waals surface area contributed by atoms with Gasteiger partial charge in [0.25, 0.3) is 0 Å². The van der Waals surface area contributed by atoms with Crippen LogP contribution in [-0.4, -0.2) is 10.7 Å². The lowest BCUT2D eigenvalue weighted by Gasteiger charge is -2.35. The zero-order valence-electron chi connectivity index (χ0n) is 12.1. The highest BCUT2D eigenvalue weighted by molar-refractivity contribution is 7.78. The molecule has 0 radical (unpaired) electrons. The summed E-state index contributed by atoms with van der Waals surface area (Å²) in [6.07, 6.45) is 5.29. The van der Waals surface area contributed by atoms with Gasteiger partial charge in [-0.1, -0.05) is 27.2 Å². The van der Waals surface area contributed by atoms with E-state index in [1.165, 1.54) is 25.7 Å². The van der Waals surface area contributed by atoms with Crippen LogP contribution in [-0.2, 0) is 0 Å². The fourth-order valence-electron chi connectivity index (χ4n) is 5.53. The molecule has 0 aromatic heterocycles. The number of nitrogens with zero attached hydrogens (tertiary/aromatic N) is 1. The number of fused-ring (bicyclic) bond motifs is 3. The zero-order valence-corrected chi connectivity index (χ0v) is 12.9. The van der Waals surface area contributed by atoms with Crippen LogP contribution in [0.15, 0.2) is 4.99 Å². The summed E-state index contributed by atoms with van der Waals surface area (Å²) in [4.78, 5) is 4.62. The molecule has 2 heteroatoms. The van der Waals surface area contributed by atoms with E-state index in [2.05, 4.69) is 37.8 Å². The summed E-state index contributed by atoms with van der Waals surface area (Å²) in [5.74, 6) is 4.39. The number of thiocarbonyl (C=S) groups is 1. The molecule has 0 saturated heterocycles. The van der Waals surface area contributed by atoms with Gasteiger partial charge in [-0.05, 0) is 73.4 Å². The van der Waals surface area contributed by atoms with E-state index in [1.54, 1.807) is 0 Å². The van der Waals surface area contributed by atoms with Crippen molar-refractivity contribution in [2.24, 2.45) is 40.0 Å². The van der Waals surface area contributed by atoms with Gasteiger partial charge in [0.2, 0.25) is 0 Å². The van der Waals surface area contributed by atoms with Crippen molar-refractivity contribution in [3.05, 3.63) is 0 Å². The lowest BCUT2D eigenvalue weighted by atomic mass is 9.73. The maximum Gasteiger partial charge on any atom is 0.0713 e. The second-order valence-electron chi connectivity index (χ2n) is 7.79. The molecule has 18 heavy (non-hydrogen) atoms. The third kappa shape index (κ3) is 1.58. The summed E-state index contributed by atoms with van der Waals surface area (Å²) in [6, 6.07) is 0. The lowest BCUT2D eigenvalue weighted by molar-refractivity contribution is 0.176. The van der Waals surface area contributed by atoms with E-state index >= 15 is 0 Å². The molecule has 0 N–H and O–H groups in total. The van der Waals surface area contributed by atoms with E-state index in [1.807, 2.05) is 0 Å². The minimum Gasteiger partial charge on any atom is -0.226 e. The SMILES string of the molecule is C[C@H]1CC[C@H]2[C@H]1[C@H]1[C@H](CC[C@]2(C)N=C=S)C1(C)C. The van der Waals surface area contributed by atoms with Crippen LogP contribution in [0.3, 0.4) is 0 Å². The van der Waals surface area contributed by atoms with Crippen LogP contribution in [0.4, 0.5) is 0 Å². The summed E-state index contributed by atoms with van der Waals surface area (Å²) in [7, 11) is 0. The van der Waals surface area contributed by atoms with Gasteiger partial charge in [-0.2, -0.15) is 0 Å². The van der Waals surface area contributed by atoms with Crippen LogP contribution in [0.2, 0.25) is 0 Å². The van der Waals surface area contributed by atoms with Crippen molar-refractivity contribution in [1.82, 2.24) is 0 Å². The highest BCUT2D eigenvalue weighted by Gasteiger charge is 2.66. The highest BCUT2D eigenvalue weighted by atomic mass is 32.1. The van der Waals surface area contributed by atoms with Crippen LogP contribution >= 0.6 is 12.2 Å². The second kappa shape index (κ2) is 3.90. The molecule has 0 heterocycles. The van der Waals surface area contributed by atoms with Crippen LogP contribution in [0.1, 0.15) is 53.4 Å². The number of hydrogen-bond donors (Lipinski definition) is 0. The number of rotatable bonds is 1. The molecule has 0 bridgehead atoms. The topological polar surface area (TPSA) is 12.4 Å². The van der Waals surface area contributed by atoms with Gasteiger partial charge < -0.3 is 0 Å². The average molecular weight is 263 g/mol. The minimum absolute atomic E-state index is 0.0840. The molecular weight excluding hydrogens is 238 g/mol. The van der Waals surface area contributed by atoms with Gasteiger partial charge in [0, 0.05) is 0 Å². The molecule has 0 unspecified atom stereocenters. The molecule has 3 aliphatic rings. The van der Waals surface area contributed by atoms with Crippen molar-refractivity contribution >= 4 is 17.4 Å². The smallest absolute Gasteiger partial charge is 0.0713 e. The molecule has 3 aliphatic carbocycles. The third-order valence-electron chi connectivity index (χ3n) is 6.67. The van der Waals surface area contributed by atoms with Crippen molar-refractivity contribution in [3.63, 3.8) is 0 Å². The van der Waals surface area contributed by atoms with Gasteiger partial charge in [0.05, 0.1) is 10.7 Å². The van der Waals surface area contributed by atoms with Gasteiger partial charge in [-0.15, -0.1) is 0 Å². The van der Waals surface area contributed by atoms with Crippen LogP contribution in [0, 0.1) is 35.0 Å². The quantitative estimate of drug-likeness (QED) is 0.498. The van der Waals surface area contributed by atoms with Gasteiger partial charge in [-0.3, -0.25) is 0 Å². The number of isothiocyanates is 1. The van der Waals surface area contributed by atoms with Gasteiger partial charge in [-0.25, -0.2) is 4.99 Å². The highest BCUT2D eigenvalue weighted by Crippen LogP contribution is 2.71. The largest absolute Gasteiger partial charge is 0.226 e. The predicted molar refractivity (Wildman–Crippen MR) is 78.8 cm³/mol. The molecule has 0 amide bonds. The number of hydrogen-bond acceptors (Lipinski definition) is 2. The first-order valence-electron chi connectivity index (χ1n) is 7.51. The van der Waals surface area contributed by atoms with Crippen molar-refractivity contribution < 1.29 is 0 Å². The summed E-state index contributed by atoms with van der Waals surface area (Å²) in [6.45, 7) is 9.76. The molecule has 6 atom stereocenters. The van der Waals surface area contributed by atoms with Crippen molar-refractivity contribution in [2.45, 2.75) is 58.9 Å². The summed E-state index contributed by atoms with van der Waals surface area (Å²) in [5, 5.41) is 2.69. The molecule has 3 saturated carbocycles. The zero-order chi connectivity index (χ0) is 13.1. The van der Waals surface area contributed by atoms with E-state index in [4.69, 9.17) is 12.2 Å². The van der Waals surface area contributed by atoms with Gasteiger partial charge >= 0.3 is 0 Å². The Morgan fingerprint density at radius 3 is 2.50 bits per heavy atom.